The van der Waals surface area contributed by atoms with Crippen LogP contribution in [0.1, 0.15) is 57.3 Å². The number of carbonyl (C=O) groups is 2. The van der Waals surface area contributed by atoms with Crippen molar-refractivity contribution < 1.29 is 14.3 Å². The average Bonchev–Trinajstić information content (AvgIpc) is 2.91. The zero-order chi connectivity index (χ0) is 19.8. The van der Waals surface area contributed by atoms with Crippen LogP contribution in [-0.2, 0) is 4.79 Å². The normalized spacial score (nSPS) is 24.3. The Bertz CT molecular complexity index is 732. The second kappa shape index (κ2) is 7.32. The molecular weight excluding hydrogens is 366 g/mol. The first-order chi connectivity index (χ1) is 12.5. The molecule has 2 fully saturated rings. The predicted octanol–water partition coefficient (Wildman–Crippen LogP) is 2.65. The van der Waals surface area contributed by atoms with Crippen LogP contribution >= 0.6 is 11.6 Å². The summed E-state index contributed by atoms with van der Waals surface area (Å²) in [5.41, 5.74) is 0.394. The molecule has 7 heteroatoms. The van der Waals surface area contributed by atoms with Gasteiger partial charge in [-0.05, 0) is 58.7 Å². The minimum absolute atomic E-state index is 0.0447. The van der Waals surface area contributed by atoms with Gasteiger partial charge in [-0.2, -0.15) is 0 Å². The number of ether oxygens (including phenoxy) is 1. The van der Waals surface area contributed by atoms with Crippen LogP contribution in [0.15, 0.2) is 18.2 Å². The van der Waals surface area contributed by atoms with Gasteiger partial charge >= 0.3 is 0 Å². The molecular formula is C20H28ClN3O3. The third kappa shape index (κ3) is 4.93. The molecule has 3 rings (SSSR count). The molecule has 148 valence electrons. The van der Waals surface area contributed by atoms with E-state index in [1.807, 2.05) is 0 Å². The lowest BCUT2D eigenvalue weighted by Crippen LogP contribution is -2.62. The summed E-state index contributed by atoms with van der Waals surface area (Å²) in [4.78, 5) is 24.3. The lowest BCUT2D eigenvalue weighted by atomic mass is 9.79. The number of hydrogen-bond acceptors (Lipinski definition) is 4. The van der Waals surface area contributed by atoms with E-state index in [0.717, 1.165) is 12.8 Å². The molecule has 2 heterocycles. The fourth-order valence-electron chi connectivity index (χ4n) is 4.27. The molecule has 2 aliphatic rings. The van der Waals surface area contributed by atoms with Crippen molar-refractivity contribution >= 4 is 23.4 Å². The second-order valence-corrected chi connectivity index (χ2v) is 9.21. The molecule has 0 bridgehead atoms. The number of halogens is 1. The van der Waals surface area contributed by atoms with Crippen LogP contribution in [0.3, 0.4) is 0 Å². The molecule has 0 spiro atoms. The smallest absolute Gasteiger partial charge is 0.261 e. The molecule has 0 saturated carbocycles. The monoisotopic (exact) mass is 393 g/mol. The van der Waals surface area contributed by atoms with Gasteiger partial charge in [0.05, 0.1) is 5.02 Å². The van der Waals surface area contributed by atoms with Gasteiger partial charge in [0.25, 0.3) is 11.8 Å². The van der Waals surface area contributed by atoms with Crippen LogP contribution in [0.4, 0.5) is 0 Å². The van der Waals surface area contributed by atoms with E-state index in [-0.39, 0.29) is 28.9 Å². The summed E-state index contributed by atoms with van der Waals surface area (Å²) < 4.78 is 5.67. The van der Waals surface area contributed by atoms with Crippen LogP contribution in [0.2, 0.25) is 5.02 Å². The summed E-state index contributed by atoms with van der Waals surface area (Å²) in [6, 6.07) is 5.01. The van der Waals surface area contributed by atoms with Crippen LogP contribution in [-0.4, -0.2) is 41.6 Å². The highest BCUT2D eigenvalue weighted by Crippen LogP contribution is 2.30. The van der Waals surface area contributed by atoms with E-state index in [9.17, 15) is 9.59 Å². The Morgan fingerprint density at radius 2 is 1.89 bits per heavy atom. The van der Waals surface area contributed by atoms with Gasteiger partial charge in [0.15, 0.2) is 6.10 Å². The highest BCUT2D eigenvalue weighted by Gasteiger charge is 2.38. The zero-order valence-corrected chi connectivity index (χ0v) is 17.1. The maximum atomic E-state index is 12.7. The first-order valence-electron chi connectivity index (χ1n) is 9.39. The third-order valence-electron chi connectivity index (χ3n) is 4.99. The van der Waals surface area contributed by atoms with Crippen LogP contribution in [0.25, 0.3) is 0 Å². The van der Waals surface area contributed by atoms with Gasteiger partial charge < -0.3 is 20.7 Å². The van der Waals surface area contributed by atoms with Crippen molar-refractivity contribution in [2.45, 2.75) is 70.2 Å². The van der Waals surface area contributed by atoms with E-state index in [4.69, 9.17) is 16.3 Å². The van der Waals surface area contributed by atoms with Gasteiger partial charge in [0.1, 0.15) is 5.75 Å². The Kier molecular flexibility index (Phi) is 5.41. The largest absolute Gasteiger partial charge is 0.479 e. The quantitative estimate of drug-likeness (QED) is 0.734. The summed E-state index contributed by atoms with van der Waals surface area (Å²) in [5.74, 6) is 0.129. The van der Waals surface area contributed by atoms with Gasteiger partial charge in [0.2, 0.25) is 0 Å². The number of hydrogen-bond donors (Lipinski definition) is 3. The first-order valence-corrected chi connectivity index (χ1v) is 9.77. The number of benzene rings is 1. The average molecular weight is 394 g/mol. The maximum absolute atomic E-state index is 12.7. The minimum Gasteiger partial charge on any atom is -0.479 e. The number of carbonyl (C=O) groups excluding carboxylic acids is 2. The van der Waals surface area contributed by atoms with Crippen molar-refractivity contribution in [1.29, 1.82) is 0 Å². The van der Waals surface area contributed by atoms with Crippen LogP contribution < -0.4 is 20.7 Å². The summed E-state index contributed by atoms with van der Waals surface area (Å²) in [6.07, 6.45) is 1.79. The molecule has 2 aliphatic heterocycles. The fourth-order valence-corrected chi connectivity index (χ4v) is 4.49. The van der Waals surface area contributed by atoms with E-state index >= 15 is 0 Å². The Morgan fingerprint density at radius 3 is 2.44 bits per heavy atom. The number of amides is 2. The lowest BCUT2D eigenvalue weighted by molar-refractivity contribution is -0.124. The topological polar surface area (TPSA) is 79.5 Å². The van der Waals surface area contributed by atoms with Crippen LogP contribution in [0, 0.1) is 0 Å². The summed E-state index contributed by atoms with van der Waals surface area (Å²) >= 11 is 6.29. The molecule has 1 aromatic rings. The molecule has 27 heavy (non-hydrogen) atoms. The van der Waals surface area contributed by atoms with Gasteiger partial charge in [0, 0.05) is 35.6 Å². The van der Waals surface area contributed by atoms with Crippen LogP contribution in [0.5, 0.6) is 5.75 Å². The fraction of sp³-hybridized carbons (Fsp3) is 0.600. The Labute approximate surface area is 165 Å². The Balaban J connectivity index is 1.66. The maximum Gasteiger partial charge on any atom is 0.261 e. The van der Waals surface area contributed by atoms with Crippen molar-refractivity contribution in [1.82, 2.24) is 16.0 Å². The van der Waals surface area contributed by atoms with Crippen molar-refractivity contribution in [3.05, 3.63) is 28.8 Å². The molecule has 6 nitrogen and oxygen atoms in total. The van der Waals surface area contributed by atoms with E-state index in [0.29, 0.717) is 29.3 Å². The van der Waals surface area contributed by atoms with E-state index in [2.05, 4.69) is 43.6 Å². The Hall–Kier alpha value is -1.79. The molecule has 0 radical (unpaired) electrons. The second-order valence-electron chi connectivity index (χ2n) is 8.80. The number of nitrogens with one attached hydrogen (secondary N) is 3. The van der Waals surface area contributed by atoms with Crippen molar-refractivity contribution in [3.63, 3.8) is 0 Å². The lowest BCUT2D eigenvalue weighted by Gasteiger charge is -2.46. The third-order valence-corrected chi connectivity index (χ3v) is 5.28. The summed E-state index contributed by atoms with van der Waals surface area (Å²) in [5, 5.41) is 9.79. The van der Waals surface area contributed by atoms with Gasteiger partial charge in [-0.25, -0.2) is 0 Å². The zero-order valence-electron chi connectivity index (χ0n) is 16.3. The van der Waals surface area contributed by atoms with Gasteiger partial charge in [-0.1, -0.05) is 11.6 Å². The highest BCUT2D eigenvalue weighted by molar-refractivity contribution is 6.32. The van der Waals surface area contributed by atoms with E-state index in [1.54, 1.807) is 18.2 Å². The van der Waals surface area contributed by atoms with Crippen molar-refractivity contribution in [3.8, 4) is 5.75 Å². The molecule has 3 N–H and O–H groups in total. The van der Waals surface area contributed by atoms with Crippen molar-refractivity contribution in [2.24, 2.45) is 0 Å². The molecule has 2 amide bonds. The molecule has 0 aliphatic carbocycles. The predicted molar refractivity (Wildman–Crippen MR) is 105 cm³/mol. The SMILES string of the molecule is CC1(C)CC(NC(=O)c2ccc(OC3CCNC3=O)c(Cl)c2)CC(C)(C)N1. The molecule has 1 atom stereocenters. The van der Waals surface area contributed by atoms with Crippen molar-refractivity contribution in [2.75, 3.05) is 6.54 Å². The highest BCUT2D eigenvalue weighted by atomic mass is 35.5. The number of rotatable bonds is 4. The molecule has 2 saturated heterocycles. The molecule has 1 unspecified atom stereocenters. The van der Waals surface area contributed by atoms with E-state index in [1.165, 1.54) is 0 Å². The van der Waals surface area contributed by atoms with Gasteiger partial charge in [-0.15, -0.1) is 0 Å². The molecule has 0 aromatic heterocycles. The standard InChI is InChI=1S/C20H28ClN3O3/c1-19(2)10-13(11-20(3,4)24-19)23-17(25)12-5-6-15(14(21)9-12)27-16-7-8-22-18(16)26/h5-6,9,13,16,24H,7-8,10-11H2,1-4H3,(H,22,26)(H,23,25). The molecule has 1 aromatic carbocycles. The summed E-state index contributed by atoms with van der Waals surface area (Å²) in [7, 11) is 0. The minimum atomic E-state index is -0.527. The Morgan fingerprint density at radius 1 is 1.22 bits per heavy atom. The number of piperidine rings is 1. The van der Waals surface area contributed by atoms with E-state index < -0.39 is 6.10 Å². The van der Waals surface area contributed by atoms with Gasteiger partial charge in [-0.3, -0.25) is 9.59 Å². The summed E-state index contributed by atoms with van der Waals surface area (Å²) in [6.45, 7) is 9.19. The first kappa shape index (κ1) is 20.0.